The van der Waals surface area contributed by atoms with Crippen molar-refractivity contribution in [3.63, 3.8) is 0 Å². The molecule has 4 nitrogen and oxygen atoms in total. The number of amides is 2. The zero-order valence-electron chi connectivity index (χ0n) is 11.1. The van der Waals surface area contributed by atoms with Gasteiger partial charge < -0.3 is 15.5 Å². The summed E-state index contributed by atoms with van der Waals surface area (Å²) in [4.78, 5) is 16.1. The standard InChI is InChI=1S/C13H25N3O/c1-10(7-14)8-16-9-12(15(2)13(16)17)11-5-3-4-6-11/h10-12H,3-9,14H2,1-2H3. The second-order valence-electron chi connectivity index (χ2n) is 5.75. The molecule has 2 amide bonds. The Morgan fingerprint density at radius 2 is 2.06 bits per heavy atom. The Morgan fingerprint density at radius 1 is 1.41 bits per heavy atom. The number of nitrogens with zero attached hydrogens (tertiary/aromatic N) is 2. The molecule has 0 aromatic rings. The highest BCUT2D eigenvalue weighted by Crippen LogP contribution is 2.33. The van der Waals surface area contributed by atoms with E-state index >= 15 is 0 Å². The van der Waals surface area contributed by atoms with Crippen molar-refractivity contribution in [2.45, 2.75) is 38.6 Å². The molecule has 0 spiro atoms. The van der Waals surface area contributed by atoms with E-state index in [9.17, 15) is 4.79 Å². The van der Waals surface area contributed by atoms with Gasteiger partial charge >= 0.3 is 6.03 Å². The van der Waals surface area contributed by atoms with E-state index in [2.05, 4.69) is 6.92 Å². The Kier molecular flexibility index (Phi) is 3.92. The molecule has 2 N–H and O–H groups in total. The van der Waals surface area contributed by atoms with Crippen LogP contribution in [0, 0.1) is 11.8 Å². The highest BCUT2D eigenvalue weighted by Gasteiger charge is 2.39. The summed E-state index contributed by atoms with van der Waals surface area (Å²) in [5, 5.41) is 0. The average Bonchev–Trinajstić information content (AvgIpc) is 2.92. The third-order valence-electron chi connectivity index (χ3n) is 4.36. The molecular weight excluding hydrogens is 214 g/mol. The zero-order valence-corrected chi connectivity index (χ0v) is 11.1. The first-order valence-corrected chi connectivity index (χ1v) is 6.85. The van der Waals surface area contributed by atoms with Crippen LogP contribution in [-0.4, -0.2) is 48.6 Å². The van der Waals surface area contributed by atoms with E-state index in [1.54, 1.807) is 0 Å². The normalized spacial score (nSPS) is 28.2. The van der Waals surface area contributed by atoms with Crippen LogP contribution in [0.25, 0.3) is 0 Å². The third-order valence-corrected chi connectivity index (χ3v) is 4.36. The van der Waals surface area contributed by atoms with Crippen LogP contribution in [-0.2, 0) is 0 Å². The first-order chi connectivity index (χ1) is 8.13. The van der Waals surface area contributed by atoms with E-state index < -0.39 is 0 Å². The van der Waals surface area contributed by atoms with Gasteiger partial charge in [0, 0.05) is 20.1 Å². The fraction of sp³-hybridized carbons (Fsp3) is 0.923. The van der Waals surface area contributed by atoms with Crippen molar-refractivity contribution < 1.29 is 4.79 Å². The van der Waals surface area contributed by atoms with Gasteiger partial charge in [-0.05, 0) is 31.2 Å². The minimum absolute atomic E-state index is 0.196. The molecule has 1 saturated heterocycles. The zero-order chi connectivity index (χ0) is 12.4. The Labute approximate surface area is 104 Å². The predicted molar refractivity (Wildman–Crippen MR) is 68.7 cm³/mol. The fourth-order valence-corrected chi connectivity index (χ4v) is 3.20. The molecule has 2 aliphatic rings. The smallest absolute Gasteiger partial charge is 0.320 e. The Hall–Kier alpha value is -0.770. The van der Waals surface area contributed by atoms with Gasteiger partial charge in [-0.1, -0.05) is 19.8 Å². The molecule has 2 unspecified atom stereocenters. The summed E-state index contributed by atoms with van der Waals surface area (Å²) in [5.74, 6) is 1.12. The van der Waals surface area contributed by atoms with Crippen molar-refractivity contribution in [1.29, 1.82) is 0 Å². The van der Waals surface area contributed by atoms with Gasteiger partial charge in [0.1, 0.15) is 0 Å². The van der Waals surface area contributed by atoms with Crippen molar-refractivity contribution in [2.24, 2.45) is 17.6 Å². The molecule has 1 aliphatic carbocycles. The minimum Gasteiger partial charge on any atom is -0.330 e. The first kappa shape index (κ1) is 12.7. The summed E-state index contributed by atoms with van der Waals surface area (Å²) in [6.07, 6.45) is 5.26. The number of likely N-dealkylation sites (N-methyl/N-ethyl adjacent to an activating group) is 1. The van der Waals surface area contributed by atoms with E-state index in [0.717, 1.165) is 19.0 Å². The van der Waals surface area contributed by atoms with Crippen LogP contribution in [0.2, 0.25) is 0 Å². The molecule has 17 heavy (non-hydrogen) atoms. The molecule has 0 bridgehead atoms. The SMILES string of the molecule is CC(CN)CN1CC(C2CCCC2)N(C)C1=O. The van der Waals surface area contributed by atoms with Crippen molar-refractivity contribution in [3.05, 3.63) is 0 Å². The van der Waals surface area contributed by atoms with Gasteiger partial charge in [-0.25, -0.2) is 4.79 Å². The maximum atomic E-state index is 12.1. The molecule has 4 heteroatoms. The minimum atomic E-state index is 0.196. The lowest BCUT2D eigenvalue weighted by Gasteiger charge is -2.23. The Morgan fingerprint density at radius 3 is 2.65 bits per heavy atom. The summed E-state index contributed by atoms with van der Waals surface area (Å²) in [5.41, 5.74) is 5.64. The van der Waals surface area contributed by atoms with Crippen LogP contribution < -0.4 is 5.73 Å². The number of carbonyl (C=O) groups is 1. The molecule has 0 aromatic heterocycles. The highest BCUT2D eigenvalue weighted by molar-refractivity contribution is 5.77. The summed E-state index contributed by atoms with van der Waals surface area (Å²) in [7, 11) is 1.96. The number of urea groups is 1. The molecular formula is C13H25N3O. The predicted octanol–water partition coefficient (Wildman–Crippen LogP) is 1.51. The van der Waals surface area contributed by atoms with Crippen molar-refractivity contribution in [1.82, 2.24) is 9.80 Å². The summed E-state index contributed by atoms with van der Waals surface area (Å²) in [6.45, 7) is 4.48. The van der Waals surface area contributed by atoms with Crippen LogP contribution in [0.15, 0.2) is 0 Å². The molecule has 1 aliphatic heterocycles. The van der Waals surface area contributed by atoms with Gasteiger partial charge in [0.15, 0.2) is 0 Å². The van der Waals surface area contributed by atoms with Gasteiger partial charge in [0.2, 0.25) is 0 Å². The Balaban J connectivity index is 1.96. The number of hydrogen-bond donors (Lipinski definition) is 1. The van der Waals surface area contributed by atoms with E-state index in [0.29, 0.717) is 18.5 Å². The molecule has 1 saturated carbocycles. The monoisotopic (exact) mass is 239 g/mol. The largest absolute Gasteiger partial charge is 0.330 e. The van der Waals surface area contributed by atoms with Crippen molar-refractivity contribution in [3.8, 4) is 0 Å². The maximum absolute atomic E-state index is 12.1. The summed E-state index contributed by atoms with van der Waals surface area (Å²) >= 11 is 0. The summed E-state index contributed by atoms with van der Waals surface area (Å²) in [6, 6.07) is 0.636. The number of carbonyl (C=O) groups excluding carboxylic acids is 1. The lowest BCUT2D eigenvalue weighted by molar-refractivity contribution is 0.186. The number of nitrogens with two attached hydrogens (primary N) is 1. The average molecular weight is 239 g/mol. The van der Waals surface area contributed by atoms with Crippen molar-refractivity contribution >= 4 is 6.03 Å². The van der Waals surface area contributed by atoms with Gasteiger partial charge in [0.25, 0.3) is 0 Å². The van der Waals surface area contributed by atoms with E-state index in [1.165, 1.54) is 25.7 Å². The van der Waals surface area contributed by atoms with Crippen LogP contribution >= 0.6 is 0 Å². The first-order valence-electron chi connectivity index (χ1n) is 6.85. The van der Waals surface area contributed by atoms with Gasteiger partial charge in [0.05, 0.1) is 6.04 Å². The van der Waals surface area contributed by atoms with E-state index in [-0.39, 0.29) is 6.03 Å². The molecule has 0 radical (unpaired) electrons. The topological polar surface area (TPSA) is 49.6 Å². The maximum Gasteiger partial charge on any atom is 0.320 e. The fourth-order valence-electron chi connectivity index (χ4n) is 3.20. The molecule has 0 aromatic carbocycles. The second kappa shape index (κ2) is 5.25. The van der Waals surface area contributed by atoms with E-state index in [1.807, 2.05) is 16.8 Å². The van der Waals surface area contributed by atoms with Gasteiger partial charge in [-0.15, -0.1) is 0 Å². The van der Waals surface area contributed by atoms with Gasteiger partial charge in [-0.3, -0.25) is 0 Å². The highest BCUT2D eigenvalue weighted by atomic mass is 16.2. The molecule has 1 heterocycles. The van der Waals surface area contributed by atoms with Crippen LogP contribution in [0.4, 0.5) is 4.79 Å². The lowest BCUT2D eigenvalue weighted by Crippen LogP contribution is -2.35. The summed E-state index contributed by atoms with van der Waals surface area (Å²) < 4.78 is 0. The Bertz CT molecular complexity index is 276. The number of rotatable bonds is 4. The van der Waals surface area contributed by atoms with Crippen LogP contribution in [0.5, 0.6) is 0 Å². The van der Waals surface area contributed by atoms with Crippen LogP contribution in [0.1, 0.15) is 32.6 Å². The second-order valence-corrected chi connectivity index (χ2v) is 5.75. The molecule has 2 atom stereocenters. The van der Waals surface area contributed by atoms with Gasteiger partial charge in [-0.2, -0.15) is 0 Å². The molecule has 98 valence electrons. The van der Waals surface area contributed by atoms with Crippen LogP contribution in [0.3, 0.4) is 0 Å². The van der Waals surface area contributed by atoms with E-state index in [4.69, 9.17) is 5.73 Å². The number of hydrogen-bond acceptors (Lipinski definition) is 2. The third kappa shape index (κ3) is 2.57. The molecule has 2 rings (SSSR count). The molecule has 2 fully saturated rings. The van der Waals surface area contributed by atoms with Crippen molar-refractivity contribution in [2.75, 3.05) is 26.7 Å². The quantitative estimate of drug-likeness (QED) is 0.808. The lowest BCUT2D eigenvalue weighted by atomic mass is 9.98.